The Labute approximate surface area is 146 Å². The summed E-state index contributed by atoms with van der Waals surface area (Å²) in [6.45, 7) is 7.20. The third-order valence-corrected chi connectivity index (χ3v) is 7.40. The van der Waals surface area contributed by atoms with Crippen LogP contribution in [-0.4, -0.2) is 56.6 Å². The maximum Gasteiger partial charge on any atom is 0.220 e. The van der Waals surface area contributed by atoms with E-state index in [9.17, 15) is 13.2 Å². The highest BCUT2D eigenvalue weighted by molar-refractivity contribution is 7.89. The Kier molecular flexibility index (Phi) is 7.50. The molecule has 7 heteroatoms. The molecule has 2 aliphatic rings. The van der Waals surface area contributed by atoms with Gasteiger partial charge in [-0.05, 0) is 57.0 Å². The first-order valence-electron chi connectivity index (χ1n) is 9.40. The fraction of sp³-hybridized carbons (Fsp3) is 0.941. The van der Waals surface area contributed by atoms with Gasteiger partial charge in [-0.3, -0.25) is 4.79 Å². The van der Waals surface area contributed by atoms with Crippen molar-refractivity contribution >= 4 is 15.9 Å². The lowest BCUT2D eigenvalue weighted by atomic mass is 9.85. The van der Waals surface area contributed by atoms with Gasteiger partial charge in [0.25, 0.3) is 0 Å². The van der Waals surface area contributed by atoms with Gasteiger partial charge in [0.15, 0.2) is 0 Å². The molecule has 0 radical (unpaired) electrons. The fourth-order valence-electron chi connectivity index (χ4n) is 3.78. The summed E-state index contributed by atoms with van der Waals surface area (Å²) in [5.74, 6) is 1.31. The molecule has 2 unspecified atom stereocenters. The lowest BCUT2D eigenvalue weighted by Crippen LogP contribution is -2.47. The molecule has 0 saturated carbocycles. The molecule has 2 atom stereocenters. The molecule has 2 fully saturated rings. The number of nitrogens with one attached hydrogen (secondary N) is 2. The average Bonchev–Trinajstić information content (AvgIpc) is 2.56. The Balaban J connectivity index is 1.72. The lowest BCUT2D eigenvalue weighted by molar-refractivity contribution is -0.123. The monoisotopic (exact) mass is 359 g/mol. The summed E-state index contributed by atoms with van der Waals surface area (Å²) >= 11 is 0. The van der Waals surface area contributed by atoms with E-state index in [1.54, 1.807) is 4.31 Å². The second kappa shape index (κ2) is 9.15. The molecule has 0 spiro atoms. The molecular weight excluding hydrogens is 326 g/mol. The van der Waals surface area contributed by atoms with Crippen LogP contribution in [0.25, 0.3) is 0 Å². The Morgan fingerprint density at radius 1 is 1.29 bits per heavy atom. The molecule has 2 heterocycles. The number of rotatable bonds is 7. The molecule has 2 N–H and O–H groups in total. The topological polar surface area (TPSA) is 78.5 Å². The smallest absolute Gasteiger partial charge is 0.220 e. The zero-order valence-corrected chi connectivity index (χ0v) is 15.9. The van der Waals surface area contributed by atoms with Crippen molar-refractivity contribution in [3.63, 3.8) is 0 Å². The van der Waals surface area contributed by atoms with Crippen LogP contribution in [0.1, 0.15) is 52.4 Å². The van der Waals surface area contributed by atoms with Gasteiger partial charge in [-0.2, -0.15) is 0 Å². The summed E-state index contributed by atoms with van der Waals surface area (Å²) in [7, 11) is -3.11. The Hall–Kier alpha value is -0.660. The van der Waals surface area contributed by atoms with Crippen LogP contribution in [0.15, 0.2) is 0 Å². The zero-order valence-electron chi connectivity index (χ0n) is 15.1. The molecule has 0 aliphatic carbocycles. The van der Waals surface area contributed by atoms with E-state index in [1.807, 2.05) is 6.92 Å². The number of nitrogens with zero attached hydrogens (tertiary/aromatic N) is 1. The van der Waals surface area contributed by atoms with Gasteiger partial charge in [0.05, 0.1) is 5.75 Å². The van der Waals surface area contributed by atoms with Crippen LogP contribution in [0, 0.1) is 11.8 Å². The minimum absolute atomic E-state index is 0.113. The molecular formula is C17H33N3O3S. The Bertz CT molecular complexity index is 495. The molecule has 0 aromatic heterocycles. The third kappa shape index (κ3) is 5.70. The second-order valence-electron chi connectivity index (χ2n) is 7.34. The standard InChI is InChI=1S/C17H33N3O3S/c1-3-11-24(22,23)20-9-6-16(7-10-20)19-17(21)12-14(2)15-5-4-8-18-13-15/h14-16,18H,3-13H2,1-2H3,(H,19,21). The van der Waals surface area contributed by atoms with E-state index >= 15 is 0 Å². The molecule has 24 heavy (non-hydrogen) atoms. The highest BCUT2D eigenvalue weighted by Crippen LogP contribution is 2.23. The van der Waals surface area contributed by atoms with E-state index in [1.165, 1.54) is 12.8 Å². The Morgan fingerprint density at radius 3 is 2.58 bits per heavy atom. The quantitative estimate of drug-likeness (QED) is 0.719. The van der Waals surface area contributed by atoms with Crippen LogP contribution in [0.4, 0.5) is 0 Å². The predicted octanol–water partition coefficient (Wildman–Crippen LogP) is 1.33. The van der Waals surface area contributed by atoms with Crippen LogP contribution >= 0.6 is 0 Å². The van der Waals surface area contributed by atoms with E-state index in [4.69, 9.17) is 0 Å². The minimum atomic E-state index is -3.11. The van der Waals surface area contributed by atoms with Gasteiger partial charge in [0, 0.05) is 25.6 Å². The molecule has 0 aromatic rings. The maximum absolute atomic E-state index is 12.3. The normalized spacial score (nSPS) is 25.3. The summed E-state index contributed by atoms with van der Waals surface area (Å²) in [6.07, 6.45) is 5.05. The summed E-state index contributed by atoms with van der Waals surface area (Å²) < 4.78 is 25.7. The number of hydrogen-bond donors (Lipinski definition) is 2. The number of sulfonamides is 1. The number of hydrogen-bond acceptors (Lipinski definition) is 4. The Morgan fingerprint density at radius 2 is 2.00 bits per heavy atom. The van der Waals surface area contributed by atoms with Crippen LogP contribution in [-0.2, 0) is 14.8 Å². The van der Waals surface area contributed by atoms with E-state index < -0.39 is 10.0 Å². The summed E-state index contributed by atoms with van der Waals surface area (Å²) in [5, 5.41) is 6.52. The summed E-state index contributed by atoms with van der Waals surface area (Å²) in [4.78, 5) is 12.3. The predicted molar refractivity (Wildman–Crippen MR) is 96.2 cm³/mol. The summed E-state index contributed by atoms with van der Waals surface area (Å²) in [6, 6.07) is 0.113. The van der Waals surface area contributed by atoms with Crippen LogP contribution in [0.2, 0.25) is 0 Å². The SMILES string of the molecule is CCCS(=O)(=O)N1CCC(NC(=O)CC(C)C2CCCNC2)CC1. The molecule has 2 saturated heterocycles. The zero-order chi connectivity index (χ0) is 17.6. The van der Waals surface area contributed by atoms with Gasteiger partial charge in [0.1, 0.15) is 0 Å². The van der Waals surface area contributed by atoms with Crippen LogP contribution < -0.4 is 10.6 Å². The van der Waals surface area contributed by atoms with Gasteiger partial charge in [0.2, 0.25) is 15.9 Å². The van der Waals surface area contributed by atoms with E-state index in [0.717, 1.165) is 13.1 Å². The van der Waals surface area contributed by atoms with Crippen molar-refractivity contribution in [2.24, 2.45) is 11.8 Å². The van der Waals surface area contributed by atoms with Crippen molar-refractivity contribution in [3.8, 4) is 0 Å². The number of carbonyl (C=O) groups is 1. The molecule has 140 valence electrons. The van der Waals surface area contributed by atoms with Gasteiger partial charge in [-0.25, -0.2) is 12.7 Å². The van der Waals surface area contributed by atoms with Gasteiger partial charge >= 0.3 is 0 Å². The first kappa shape index (κ1) is 19.7. The largest absolute Gasteiger partial charge is 0.353 e. The molecule has 6 nitrogen and oxygen atoms in total. The third-order valence-electron chi connectivity index (χ3n) is 5.32. The number of amides is 1. The van der Waals surface area contributed by atoms with Gasteiger partial charge < -0.3 is 10.6 Å². The number of carbonyl (C=O) groups excluding carboxylic acids is 1. The van der Waals surface area contributed by atoms with Crippen molar-refractivity contribution in [2.75, 3.05) is 31.9 Å². The first-order valence-corrected chi connectivity index (χ1v) is 11.0. The highest BCUT2D eigenvalue weighted by atomic mass is 32.2. The molecule has 2 aliphatic heterocycles. The molecule has 1 amide bonds. The molecule has 2 rings (SSSR count). The van der Waals surface area contributed by atoms with Crippen LogP contribution in [0.3, 0.4) is 0 Å². The van der Waals surface area contributed by atoms with Crippen molar-refractivity contribution < 1.29 is 13.2 Å². The average molecular weight is 360 g/mol. The maximum atomic E-state index is 12.3. The molecule has 0 bridgehead atoms. The van der Waals surface area contributed by atoms with Crippen molar-refractivity contribution in [2.45, 2.75) is 58.4 Å². The van der Waals surface area contributed by atoms with Crippen molar-refractivity contribution in [3.05, 3.63) is 0 Å². The minimum Gasteiger partial charge on any atom is -0.353 e. The van der Waals surface area contributed by atoms with E-state index in [-0.39, 0.29) is 17.7 Å². The van der Waals surface area contributed by atoms with Crippen LogP contribution in [0.5, 0.6) is 0 Å². The van der Waals surface area contributed by atoms with Gasteiger partial charge in [-0.1, -0.05) is 13.8 Å². The first-order chi connectivity index (χ1) is 11.4. The second-order valence-corrected chi connectivity index (χ2v) is 9.43. The van der Waals surface area contributed by atoms with Crippen molar-refractivity contribution in [1.29, 1.82) is 0 Å². The molecule has 0 aromatic carbocycles. The van der Waals surface area contributed by atoms with Crippen molar-refractivity contribution in [1.82, 2.24) is 14.9 Å². The lowest BCUT2D eigenvalue weighted by Gasteiger charge is -2.32. The van der Waals surface area contributed by atoms with Gasteiger partial charge in [-0.15, -0.1) is 0 Å². The van der Waals surface area contributed by atoms with E-state index in [0.29, 0.717) is 50.6 Å². The fourth-order valence-corrected chi connectivity index (χ4v) is 5.32. The van der Waals surface area contributed by atoms with E-state index in [2.05, 4.69) is 17.6 Å². The highest BCUT2D eigenvalue weighted by Gasteiger charge is 2.29. The number of piperidine rings is 2. The summed E-state index contributed by atoms with van der Waals surface area (Å²) in [5.41, 5.74) is 0.